The van der Waals surface area contributed by atoms with E-state index < -0.39 is 6.10 Å². The van der Waals surface area contributed by atoms with Crippen molar-refractivity contribution in [2.24, 2.45) is 5.92 Å². The summed E-state index contributed by atoms with van der Waals surface area (Å²) < 4.78 is 16.8. The molecule has 0 rings (SSSR count). The molecule has 0 N–H and O–H groups in total. The van der Waals surface area contributed by atoms with Gasteiger partial charge in [0.2, 0.25) is 0 Å². The highest BCUT2D eigenvalue weighted by atomic mass is 16.6. The molecule has 326 valence electrons. The van der Waals surface area contributed by atoms with Crippen LogP contribution in [0.3, 0.4) is 0 Å². The van der Waals surface area contributed by atoms with Gasteiger partial charge in [-0.25, -0.2) is 0 Å². The molecule has 0 aromatic carbocycles. The van der Waals surface area contributed by atoms with Gasteiger partial charge < -0.3 is 14.2 Å². The highest BCUT2D eigenvalue weighted by molar-refractivity contribution is 5.71. The van der Waals surface area contributed by atoms with Gasteiger partial charge in [-0.05, 0) is 25.2 Å². The summed E-state index contributed by atoms with van der Waals surface area (Å²) in [6, 6.07) is 0. The number of ether oxygens (including phenoxy) is 3. The predicted octanol–water partition coefficient (Wildman–Crippen LogP) is 15.5. The van der Waals surface area contributed by atoms with Crippen LogP contribution in [0, 0.1) is 5.92 Å². The summed E-state index contributed by atoms with van der Waals surface area (Å²) >= 11 is 0. The second-order valence-electron chi connectivity index (χ2n) is 17.0. The summed E-state index contributed by atoms with van der Waals surface area (Å²) in [7, 11) is 0. The molecule has 0 amide bonds. The van der Waals surface area contributed by atoms with Crippen LogP contribution in [0.2, 0.25) is 0 Å². The summed E-state index contributed by atoms with van der Waals surface area (Å²) in [5, 5.41) is 0. The van der Waals surface area contributed by atoms with Gasteiger partial charge in [-0.3, -0.25) is 14.4 Å². The van der Waals surface area contributed by atoms with Crippen molar-refractivity contribution in [3.8, 4) is 0 Å². The van der Waals surface area contributed by atoms with Crippen molar-refractivity contribution in [1.82, 2.24) is 0 Å². The van der Waals surface area contributed by atoms with Crippen LogP contribution < -0.4 is 0 Å². The lowest BCUT2D eigenvalue weighted by molar-refractivity contribution is -0.167. The average Bonchev–Trinajstić information content (AvgIpc) is 3.18. The minimum atomic E-state index is -0.760. The Kier molecular flexibility index (Phi) is 42.3. The number of carbonyl (C=O) groups excluding carboxylic acids is 3. The molecule has 0 bridgehead atoms. The average molecular weight is 779 g/mol. The molecule has 2 atom stereocenters. The molecule has 0 spiro atoms. The third-order valence-electron chi connectivity index (χ3n) is 11.4. The number of hydrogen-bond acceptors (Lipinski definition) is 6. The second-order valence-corrected chi connectivity index (χ2v) is 17.0. The Balaban J connectivity index is 4.30. The fourth-order valence-electron chi connectivity index (χ4n) is 7.30. The Morgan fingerprint density at radius 1 is 0.364 bits per heavy atom. The normalized spacial score (nSPS) is 12.4. The summed E-state index contributed by atoms with van der Waals surface area (Å²) in [6.45, 7) is 8.98. The standard InChI is InChI=1S/C49H94O6/c1-5-8-10-12-14-16-18-20-22-24-26-28-33-37-41-48(51)54-44-46(55-49(52)42-38-34-30-29-31-35-39-45(4)7-3)43-53-47(50)40-36-32-27-25-23-21-19-17-15-13-11-9-6-2/h45-46H,5-44H2,1-4H3/t45?,46-/m1/s1. The Morgan fingerprint density at radius 3 is 0.945 bits per heavy atom. The molecule has 6 heteroatoms. The van der Waals surface area contributed by atoms with Crippen LogP contribution in [0.5, 0.6) is 0 Å². The van der Waals surface area contributed by atoms with Crippen molar-refractivity contribution >= 4 is 17.9 Å². The molecule has 0 aliphatic carbocycles. The van der Waals surface area contributed by atoms with E-state index in [-0.39, 0.29) is 31.1 Å². The van der Waals surface area contributed by atoms with E-state index >= 15 is 0 Å². The van der Waals surface area contributed by atoms with E-state index in [0.29, 0.717) is 19.3 Å². The van der Waals surface area contributed by atoms with Crippen molar-refractivity contribution < 1.29 is 28.6 Å². The van der Waals surface area contributed by atoms with Gasteiger partial charge >= 0.3 is 17.9 Å². The molecule has 6 nitrogen and oxygen atoms in total. The molecular formula is C49H94O6. The van der Waals surface area contributed by atoms with Crippen molar-refractivity contribution in [3.05, 3.63) is 0 Å². The minimum Gasteiger partial charge on any atom is -0.462 e. The van der Waals surface area contributed by atoms with E-state index in [2.05, 4.69) is 27.7 Å². The molecule has 0 aliphatic rings. The molecule has 0 fully saturated rings. The number of unbranched alkanes of at least 4 members (excludes halogenated alkanes) is 30. The number of rotatable bonds is 44. The van der Waals surface area contributed by atoms with Gasteiger partial charge in [0.15, 0.2) is 6.10 Å². The van der Waals surface area contributed by atoms with Crippen LogP contribution in [0.1, 0.15) is 272 Å². The number of carbonyl (C=O) groups is 3. The number of hydrogen-bond donors (Lipinski definition) is 0. The third-order valence-corrected chi connectivity index (χ3v) is 11.4. The van der Waals surface area contributed by atoms with Crippen LogP contribution in [0.15, 0.2) is 0 Å². The molecule has 0 radical (unpaired) electrons. The SMILES string of the molecule is CCCCCCCCCCCCCCCCC(=O)OC[C@@H](COC(=O)CCCCCCCCCCCCCCC)OC(=O)CCCCCCCCC(C)CC. The van der Waals surface area contributed by atoms with Gasteiger partial charge in [0.25, 0.3) is 0 Å². The lowest BCUT2D eigenvalue weighted by Crippen LogP contribution is -2.30. The molecule has 1 unspecified atom stereocenters. The van der Waals surface area contributed by atoms with E-state index in [1.165, 1.54) is 167 Å². The lowest BCUT2D eigenvalue weighted by atomic mass is 10.00. The van der Waals surface area contributed by atoms with E-state index in [9.17, 15) is 14.4 Å². The molecule has 0 heterocycles. The first kappa shape index (κ1) is 53.4. The lowest BCUT2D eigenvalue weighted by Gasteiger charge is -2.18. The second kappa shape index (κ2) is 43.5. The van der Waals surface area contributed by atoms with Crippen molar-refractivity contribution in [3.63, 3.8) is 0 Å². The van der Waals surface area contributed by atoms with Crippen LogP contribution >= 0.6 is 0 Å². The molecule has 0 saturated heterocycles. The Hall–Kier alpha value is -1.59. The maximum absolute atomic E-state index is 12.7. The largest absolute Gasteiger partial charge is 0.462 e. The Bertz CT molecular complexity index is 828. The molecule has 55 heavy (non-hydrogen) atoms. The molecule has 0 saturated carbocycles. The summed E-state index contributed by atoms with van der Waals surface area (Å²) in [5.41, 5.74) is 0. The molecular weight excluding hydrogens is 685 g/mol. The highest BCUT2D eigenvalue weighted by Crippen LogP contribution is 2.17. The first-order valence-corrected chi connectivity index (χ1v) is 24.4. The van der Waals surface area contributed by atoms with Gasteiger partial charge in [0.05, 0.1) is 0 Å². The van der Waals surface area contributed by atoms with Gasteiger partial charge in [-0.2, -0.15) is 0 Å². The van der Waals surface area contributed by atoms with Gasteiger partial charge in [0.1, 0.15) is 13.2 Å². The van der Waals surface area contributed by atoms with Crippen LogP contribution in [0.25, 0.3) is 0 Å². The third kappa shape index (κ3) is 41.9. The zero-order valence-corrected chi connectivity index (χ0v) is 37.4. The van der Waals surface area contributed by atoms with Crippen LogP contribution in [-0.2, 0) is 28.6 Å². The molecule has 0 aromatic rings. The van der Waals surface area contributed by atoms with Crippen LogP contribution in [0.4, 0.5) is 0 Å². The van der Waals surface area contributed by atoms with Gasteiger partial charge in [0, 0.05) is 19.3 Å². The van der Waals surface area contributed by atoms with Crippen molar-refractivity contribution in [2.75, 3.05) is 13.2 Å². The molecule has 0 aliphatic heterocycles. The summed E-state index contributed by atoms with van der Waals surface area (Å²) in [5.74, 6) is -0.0420. The fourth-order valence-corrected chi connectivity index (χ4v) is 7.30. The Labute approximate surface area is 342 Å². The zero-order valence-electron chi connectivity index (χ0n) is 37.4. The van der Waals surface area contributed by atoms with E-state index in [1.54, 1.807) is 0 Å². The minimum absolute atomic E-state index is 0.0641. The summed E-state index contributed by atoms with van der Waals surface area (Å²) in [6.07, 6.45) is 43.7. The van der Waals surface area contributed by atoms with Crippen molar-refractivity contribution in [1.29, 1.82) is 0 Å². The van der Waals surface area contributed by atoms with Gasteiger partial charge in [-0.15, -0.1) is 0 Å². The maximum Gasteiger partial charge on any atom is 0.306 e. The quantitative estimate of drug-likeness (QED) is 0.0348. The monoisotopic (exact) mass is 779 g/mol. The van der Waals surface area contributed by atoms with Crippen molar-refractivity contribution in [2.45, 2.75) is 278 Å². The topological polar surface area (TPSA) is 78.9 Å². The van der Waals surface area contributed by atoms with E-state index in [1.807, 2.05) is 0 Å². The first-order chi connectivity index (χ1) is 26.9. The predicted molar refractivity (Wildman–Crippen MR) is 233 cm³/mol. The summed E-state index contributed by atoms with van der Waals surface area (Å²) in [4.78, 5) is 37.8. The fraction of sp³-hybridized carbons (Fsp3) is 0.939. The zero-order chi connectivity index (χ0) is 40.3. The maximum atomic E-state index is 12.7. The first-order valence-electron chi connectivity index (χ1n) is 24.4. The highest BCUT2D eigenvalue weighted by Gasteiger charge is 2.19. The Morgan fingerprint density at radius 2 is 0.636 bits per heavy atom. The van der Waals surface area contributed by atoms with E-state index in [0.717, 1.165) is 63.7 Å². The molecule has 0 aromatic heterocycles. The van der Waals surface area contributed by atoms with Gasteiger partial charge in [-0.1, -0.05) is 233 Å². The number of esters is 3. The smallest absolute Gasteiger partial charge is 0.306 e. The van der Waals surface area contributed by atoms with Crippen LogP contribution in [-0.4, -0.2) is 37.2 Å². The van der Waals surface area contributed by atoms with E-state index in [4.69, 9.17) is 14.2 Å².